The molecule has 2 aromatic carbocycles. The molecule has 0 spiro atoms. The van der Waals surface area contributed by atoms with Crippen molar-refractivity contribution in [3.05, 3.63) is 59.9 Å². The molecule has 1 amide bonds. The Balaban J connectivity index is 1.86. The van der Waals surface area contributed by atoms with Gasteiger partial charge in [-0.25, -0.2) is 0 Å². The molecule has 0 aliphatic carbocycles. The third kappa shape index (κ3) is 2.03. The number of ether oxygens (including phenoxy) is 1. The molecule has 1 aliphatic rings. The third-order valence-corrected chi connectivity index (χ3v) is 4.12. The fourth-order valence-electron chi connectivity index (χ4n) is 2.97. The van der Waals surface area contributed by atoms with Crippen molar-refractivity contribution in [2.45, 2.75) is 0 Å². The number of methoxy groups -OCH3 is 1. The topological polar surface area (TPSA) is 42.7 Å². The molecule has 0 atom stereocenters. The lowest BCUT2D eigenvalue weighted by Crippen LogP contribution is -2.20. The van der Waals surface area contributed by atoms with E-state index in [0.29, 0.717) is 22.7 Å². The zero-order valence-electron chi connectivity index (χ0n) is 12.9. The van der Waals surface area contributed by atoms with E-state index in [-0.39, 0.29) is 5.91 Å². The highest BCUT2D eigenvalue weighted by Crippen LogP contribution is 2.37. The first kappa shape index (κ1) is 13.6. The highest BCUT2D eigenvalue weighted by atomic mass is 16.5. The third-order valence-electron chi connectivity index (χ3n) is 4.12. The van der Waals surface area contributed by atoms with Crippen LogP contribution in [-0.4, -0.2) is 20.1 Å². The van der Waals surface area contributed by atoms with E-state index in [1.165, 1.54) is 0 Å². The van der Waals surface area contributed by atoms with E-state index in [0.717, 1.165) is 16.6 Å². The van der Waals surface area contributed by atoms with E-state index in [4.69, 9.17) is 9.15 Å². The second kappa shape index (κ2) is 5.02. The van der Waals surface area contributed by atoms with Gasteiger partial charge in [0.2, 0.25) is 0 Å². The standard InChI is InChI=1S/C19H15NO3/c1-20-16-8-4-3-7-14(16)15(19(20)21)11-13-10-12-6-5-9-17(22-2)18(12)23-13/h3-11H,1-2H3/b15-11+. The van der Waals surface area contributed by atoms with Crippen LogP contribution in [0.15, 0.2) is 52.9 Å². The van der Waals surface area contributed by atoms with Gasteiger partial charge < -0.3 is 14.1 Å². The molecule has 4 nitrogen and oxygen atoms in total. The first-order chi connectivity index (χ1) is 11.2. The number of carbonyl (C=O) groups is 1. The highest BCUT2D eigenvalue weighted by Gasteiger charge is 2.29. The Morgan fingerprint density at radius 2 is 1.96 bits per heavy atom. The molecule has 114 valence electrons. The zero-order chi connectivity index (χ0) is 16.0. The fourth-order valence-corrected chi connectivity index (χ4v) is 2.97. The van der Waals surface area contributed by atoms with Gasteiger partial charge in [0.1, 0.15) is 5.76 Å². The summed E-state index contributed by atoms with van der Waals surface area (Å²) in [6, 6.07) is 15.4. The summed E-state index contributed by atoms with van der Waals surface area (Å²) >= 11 is 0. The van der Waals surface area contributed by atoms with Crippen LogP contribution in [-0.2, 0) is 4.79 Å². The summed E-state index contributed by atoms with van der Waals surface area (Å²) in [6.07, 6.45) is 1.80. The van der Waals surface area contributed by atoms with Gasteiger partial charge >= 0.3 is 0 Å². The number of furan rings is 1. The Bertz CT molecular complexity index is 952. The van der Waals surface area contributed by atoms with Gasteiger partial charge in [0.25, 0.3) is 5.91 Å². The first-order valence-electron chi connectivity index (χ1n) is 7.35. The van der Waals surface area contributed by atoms with Crippen molar-refractivity contribution < 1.29 is 13.9 Å². The summed E-state index contributed by atoms with van der Waals surface area (Å²) in [5, 5.41) is 0.947. The number of hydrogen-bond donors (Lipinski definition) is 0. The average Bonchev–Trinajstić information content (AvgIpc) is 3.10. The fraction of sp³-hybridized carbons (Fsp3) is 0.105. The zero-order valence-corrected chi connectivity index (χ0v) is 12.9. The second-order valence-corrected chi connectivity index (χ2v) is 5.47. The number of carbonyl (C=O) groups excluding carboxylic acids is 1. The SMILES string of the molecule is COc1cccc2cc(/C=C3/C(=O)N(C)c4ccccc43)oc12. The number of likely N-dealkylation sites (N-methyl/N-ethyl adjacent to an activating group) is 1. The summed E-state index contributed by atoms with van der Waals surface area (Å²) in [7, 11) is 3.39. The van der Waals surface area contributed by atoms with Crippen molar-refractivity contribution in [1.82, 2.24) is 0 Å². The van der Waals surface area contributed by atoms with Gasteiger partial charge in [0, 0.05) is 18.0 Å². The predicted octanol–water partition coefficient (Wildman–Crippen LogP) is 3.96. The van der Waals surface area contributed by atoms with Crippen LogP contribution in [0.5, 0.6) is 5.75 Å². The minimum Gasteiger partial charge on any atom is -0.493 e. The molecule has 0 bridgehead atoms. The summed E-state index contributed by atoms with van der Waals surface area (Å²) < 4.78 is 11.2. The minimum absolute atomic E-state index is 0.0291. The van der Waals surface area contributed by atoms with Gasteiger partial charge in [-0.2, -0.15) is 0 Å². The van der Waals surface area contributed by atoms with E-state index in [1.807, 2.05) is 48.5 Å². The number of rotatable bonds is 2. The van der Waals surface area contributed by atoms with Crippen LogP contribution >= 0.6 is 0 Å². The molecule has 0 fully saturated rings. The number of nitrogens with zero attached hydrogens (tertiary/aromatic N) is 1. The number of hydrogen-bond acceptors (Lipinski definition) is 3. The van der Waals surface area contributed by atoms with Gasteiger partial charge in [-0.05, 0) is 24.3 Å². The molecular weight excluding hydrogens is 290 g/mol. The molecule has 1 aliphatic heterocycles. The molecule has 0 saturated carbocycles. The van der Waals surface area contributed by atoms with Crippen molar-refractivity contribution >= 4 is 34.2 Å². The van der Waals surface area contributed by atoms with Gasteiger partial charge in [0.05, 0.1) is 18.4 Å². The maximum Gasteiger partial charge on any atom is 0.258 e. The van der Waals surface area contributed by atoms with Gasteiger partial charge in [-0.15, -0.1) is 0 Å². The number of fused-ring (bicyclic) bond motifs is 2. The molecule has 0 unspecified atom stereocenters. The van der Waals surface area contributed by atoms with Crippen molar-refractivity contribution in [2.75, 3.05) is 19.1 Å². The number of anilines is 1. The molecule has 1 aromatic heterocycles. The maximum atomic E-state index is 12.5. The first-order valence-corrected chi connectivity index (χ1v) is 7.35. The Morgan fingerprint density at radius 1 is 1.13 bits per heavy atom. The normalized spacial score (nSPS) is 15.5. The number of para-hydroxylation sites is 2. The van der Waals surface area contributed by atoms with Gasteiger partial charge in [-0.3, -0.25) is 4.79 Å². The maximum absolute atomic E-state index is 12.5. The van der Waals surface area contributed by atoms with Gasteiger partial charge in [0.15, 0.2) is 11.3 Å². The molecule has 23 heavy (non-hydrogen) atoms. The summed E-state index contributed by atoms with van der Waals surface area (Å²) in [6.45, 7) is 0. The van der Waals surface area contributed by atoms with E-state index < -0.39 is 0 Å². The molecule has 3 aromatic rings. The van der Waals surface area contributed by atoms with E-state index >= 15 is 0 Å². The lowest BCUT2D eigenvalue weighted by molar-refractivity contribution is -0.112. The van der Waals surface area contributed by atoms with Crippen LogP contribution in [0.4, 0.5) is 5.69 Å². The van der Waals surface area contributed by atoms with Crippen LogP contribution < -0.4 is 9.64 Å². The highest BCUT2D eigenvalue weighted by molar-refractivity contribution is 6.35. The second-order valence-electron chi connectivity index (χ2n) is 5.47. The minimum atomic E-state index is -0.0291. The van der Waals surface area contributed by atoms with Crippen LogP contribution in [0.25, 0.3) is 22.6 Å². The van der Waals surface area contributed by atoms with Crippen molar-refractivity contribution in [3.63, 3.8) is 0 Å². The van der Waals surface area contributed by atoms with Crippen LogP contribution in [0.2, 0.25) is 0 Å². The number of amides is 1. The van der Waals surface area contributed by atoms with Gasteiger partial charge in [-0.1, -0.05) is 30.3 Å². The van der Waals surface area contributed by atoms with Crippen LogP contribution in [0.1, 0.15) is 11.3 Å². The lowest BCUT2D eigenvalue weighted by Gasteiger charge is -2.07. The molecule has 0 radical (unpaired) electrons. The van der Waals surface area contributed by atoms with Crippen molar-refractivity contribution in [1.29, 1.82) is 0 Å². The summed E-state index contributed by atoms with van der Waals surface area (Å²) in [5.41, 5.74) is 3.17. The lowest BCUT2D eigenvalue weighted by atomic mass is 10.1. The van der Waals surface area contributed by atoms with Crippen LogP contribution in [0, 0.1) is 0 Å². The predicted molar refractivity (Wildman–Crippen MR) is 90.5 cm³/mol. The van der Waals surface area contributed by atoms with Crippen molar-refractivity contribution in [3.8, 4) is 5.75 Å². The molecule has 0 N–H and O–H groups in total. The average molecular weight is 305 g/mol. The smallest absolute Gasteiger partial charge is 0.258 e. The Hall–Kier alpha value is -3.01. The van der Waals surface area contributed by atoms with E-state index in [9.17, 15) is 4.79 Å². The monoisotopic (exact) mass is 305 g/mol. The Labute approximate surface area is 133 Å². The van der Waals surface area contributed by atoms with Crippen molar-refractivity contribution in [2.24, 2.45) is 0 Å². The Morgan fingerprint density at radius 3 is 2.78 bits per heavy atom. The molecule has 0 saturated heterocycles. The van der Waals surface area contributed by atoms with E-state index in [2.05, 4.69) is 0 Å². The summed E-state index contributed by atoms with van der Waals surface area (Å²) in [4.78, 5) is 14.2. The molecule has 4 rings (SSSR count). The molecule has 2 heterocycles. The Kier molecular flexibility index (Phi) is 2.98. The summed E-state index contributed by atoms with van der Waals surface area (Å²) in [5.74, 6) is 1.29. The molecular formula is C19H15NO3. The quantitative estimate of drug-likeness (QED) is 0.673. The number of benzene rings is 2. The van der Waals surface area contributed by atoms with Crippen LogP contribution in [0.3, 0.4) is 0 Å². The molecule has 4 heteroatoms. The van der Waals surface area contributed by atoms with E-state index in [1.54, 1.807) is 25.1 Å². The largest absolute Gasteiger partial charge is 0.493 e.